The molecule has 1 aliphatic rings. The summed E-state index contributed by atoms with van der Waals surface area (Å²) in [6.45, 7) is 6.46. The summed E-state index contributed by atoms with van der Waals surface area (Å²) >= 11 is 0. The van der Waals surface area contributed by atoms with Crippen molar-refractivity contribution in [3.63, 3.8) is 0 Å². The molecule has 0 aliphatic carbocycles. The number of anilines is 3. The molecule has 160 valence electrons. The first kappa shape index (κ1) is 20.5. The Morgan fingerprint density at radius 1 is 0.750 bits per heavy atom. The molecule has 4 aromatic rings. The van der Waals surface area contributed by atoms with Crippen LogP contribution < -0.4 is 4.90 Å². The molecule has 0 saturated heterocycles. The number of aromatic nitrogens is 1. The lowest BCUT2D eigenvalue weighted by atomic mass is 9.73. The molecule has 0 saturated carbocycles. The molecule has 32 heavy (non-hydrogen) atoms. The number of para-hydroxylation sites is 2. The van der Waals surface area contributed by atoms with Crippen LogP contribution in [0.25, 0.3) is 0 Å². The molecule has 5 heteroatoms. The number of hydrogen-bond donors (Lipinski definition) is 0. The number of pyridine rings is 1. The van der Waals surface area contributed by atoms with E-state index in [1.54, 1.807) is 30.5 Å². The van der Waals surface area contributed by atoms with Gasteiger partial charge in [-0.25, -0.2) is 8.42 Å². The number of fused-ring (bicyclic) bond motifs is 2. The second-order valence-corrected chi connectivity index (χ2v) is 10.6. The predicted octanol–water partition coefficient (Wildman–Crippen LogP) is 6.33. The summed E-state index contributed by atoms with van der Waals surface area (Å²) in [7, 11) is -3.63. The minimum absolute atomic E-state index is 0.138. The van der Waals surface area contributed by atoms with Gasteiger partial charge in [0.15, 0.2) is 0 Å². The molecule has 0 bridgehead atoms. The van der Waals surface area contributed by atoms with E-state index in [0.29, 0.717) is 0 Å². The Labute approximate surface area is 189 Å². The van der Waals surface area contributed by atoms with Gasteiger partial charge < -0.3 is 4.90 Å². The normalized spacial score (nSPS) is 14.5. The zero-order valence-corrected chi connectivity index (χ0v) is 19.1. The van der Waals surface area contributed by atoms with Crippen LogP contribution in [0.3, 0.4) is 0 Å². The largest absolute Gasteiger partial charge is 0.310 e. The van der Waals surface area contributed by atoms with Crippen LogP contribution in [0, 0.1) is 6.92 Å². The molecule has 3 aromatic carbocycles. The molecule has 0 spiro atoms. The quantitative estimate of drug-likeness (QED) is 0.373. The first-order valence-electron chi connectivity index (χ1n) is 10.6. The summed E-state index contributed by atoms with van der Waals surface area (Å²) in [6, 6.07) is 25.4. The van der Waals surface area contributed by atoms with Crippen molar-refractivity contribution >= 4 is 26.9 Å². The number of benzene rings is 3. The first-order chi connectivity index (χ1) is 15.3. The Hall–Kier alpha value is -3.44. The average Bonchev–Trinajstić information content (AvgIpc) is 2.81. The SMILES string of the molecule is Cc1cc(S(=O)(=O)c2cccnc2)ccc1N1c2ccccc2C(C)(C)c2ccccc21. The van der Waals surface area contributed by atoms with Crippen LogP contribution in [-0.4, -0.2) is 13.4 Å². The summed E-state index contributed by atoms with van der Waals surface area (Å²) in [5.41, 5.74) is 6.42. The fraction of sp³-hybridized carbons (Fsp3) is 0.148. The Morgan fingerprint density at radius 2 is 1.38 bits per heavy atom. The molecule has 0 radical (unpaired) electrons. The monoisotopic (exact) mass is 440 g/mol. The van der Waals surface area contributed by atoms with Crippen molar-refractivity contribution < 1.29 is 8.42 Å². The van der Waals surface area contributed by atoms with E-state index in [1.807, 2.05) is 25.1 Å². The average molecular weight is 441 g/mol. The van der Waals surface area contributed by atoms with Crippen LogP contribution in [0.2, 0.25) is 0 Å². The number of nitrogens with zero attached hydrogens (tertiary/aromatic N) is 2. The zero-order chi connectivity index (χ0) is 22.5. The highest BCUT2D eigenvalue weighted by molar-refractivity contribution is 7.91. The van der Waals surface area contributed by atoms with E-state index in [1.165, 1.54) is 17.3 Å². The molecule has 1 aliphatic heterocycles. The molecule has 2 heterocycles. The molecule has 1 aromatic heterocycles. The highest BCUT2D eigenvalue weighted by atomic mass is 32.2. The van der Waals surface area contributed by atoms with E-state index in [0.717, 1.165) is 22.6 Å². The van der Waals surface area contributed by atoms with Gasteiger partial charge in [-0.3, -0.25) is 4.98 Å². The number of hydrogen-bond acceptors (Lipinski definition) is 4. The molecule has 0 amide bonds. The van der Waals surface area contributed by atoms with Gasteiger partial charge in [0.05, 0.1) is 21.2 Å². The van der Waals surface area contributed by atoms with Crippen LogP contribution in [0.4, 0.5) is 17.1 Å². The Balaban J connectivity index is 1.69. The lowest BCUT2D eigenvalue weighted by Crippen LogP contribution is -2.30. The number of aryl methyl sites for hydroxylation is 1. The Bertz CT molecular complexity index is 1380. The van der Waals surface area contributed by atoms with Crippen molar-refractivity contribution in [2.24, 2.45) is 0 Å². The highest BCUT2D eigenvalue weighted by Gasteiger charge is 2.36. The van der Waals surface area contributed by atoms with Crippen LogP contribution in [0.5, 0.6) is 0 Å². The summed E-state index contributed by atoms with van der Waals surface area (Å²) in [6.07, 6.45) is 2.96. The maximum Gasteiger partial charge on any atom is 0.208 e. The fourth-order valence-electron chi connectivity index (χ4n) is 4.62. The molecule has 4 nitrogen and oxygen atoms in total. The maximum absolute atomic E-state index is 13.1. The van der Waals surface area contributed by atoms with Gasteiger partial charge in [-0.15, -0.1) is 0 Å². The van der Waals surface area contributed by atoms with Crippen LogP contribution in [0.15, 0.2) is 101 Å². The van der Waals surface area contributed by atoms with E-state index in [-0.39, 0.29) is 15.2 Å². The van der Waals surface area contributed by atoms with Gasteiger partial charge in [-0.05, 0) is 66.1 Å². The zero-order valence-electron chi connectivity index (χ0n) is 18.3. The molecular weight excluding hydrogens is 416 g/mol. The van der Waals surface area contributed by atoms with Crippen molar-refractivity contribution in [2.75, 3.05) is 4.90 Å². The minimum atomic E-state index is -3.63. The summed E-state index contributed by atoms with van der Waals surface area (Å²) < 4.78 is 26.2. The topological polar surface area (TPSA) is 50.3 Å². The third-order valence-corrected chi connectivity index (χ3v) is 8.04. The molecule has 5 rings (SSSR count). The standard InChI is InChI=1S/C27H24N2O2S/c1-19-17-20(32(30,31)21-9-8-16-28-18-21)14-15-24(19)29-25-12-6-4-10-22(25)27(2,3)23-11-5-7-13-26(23)29/h4-18H,1-3H3. The van der Waals surface area contributed by atoms with E-state index in [9.17, 15) is 8.42 Å². The van der Waals surface area contributed by atoms with Crippen LogP contribution in [-0.2, 0) is 15.3 Å². The molecule has 0 atom stereocenters. The lowest BCUT2D eigenvalue weighted by molar-refractivity contribution is 0.595. The van der Waals surface area contributed by atoms with Crippen molar-refractivity contribution in [3.8, 4) is 0 Å². The third kappa shape index (κ3) is 3.04. The Kier molecular flexibility index (Phi) is 4.68. The molecule has 0 fully saturated rings. The van der Waals surface area contributed by atoms with Crippen molar-refractivity contribution in [1.82, 2.24) is 4.98 Å². The second kappa shape index (κ2) is 7.31. The first-order valence-corrected chi connectivity index (χ1v) is 12.0. The van der Waals surface area contributed by atoms with Gasteiger partial charge in [0.1, 0.15) is 0 Å². The van der Waals surface area contributed by atoms with Gasteiger partial charge in [0, 0.05) is 23.5 Å². The van der Waals surface area contributed by atoms with Crippen LogP contribution >= 0.6 is 0 Å². The fourth-order valence-corrected chi connectivity index (χ4v) is 5.93. The van der Waals surface area contributed by atoms with E-state index in [2.05, 4.69) is 60.1 Å². The molecular formula is C27H24N2O2S. The summed E-state index contributed by atoms with van der Waals surface area (Å²) in [5.74, 6) is 0. The van der Waals surface area contributed by atoms with Gasteiger partial charge in [-0.2, -0.15) is 0 Å². The van der Waals surface area contributed by atoms with Crippen molar-refractivity contribution in [3.05, 3.63) is 108 Å². The minimum Gasteiger partial charge on any atom is -0.310 e. The van der Waals surface area contributed by atoms with E-state index < -0.39 is 9.84 Å². The number of rotatable bonds is 3. The van der Waals surface area contributed by atoms with Gasteiger partial charge in [-0.1, -0.05) is 50.2 Å². The predicted molar refractivity (Wildman–Crippen MR) is 128 cm³/mol. The van der Waals surface area contributed by atoms with Gasteiger partial charge in [0.2, 0.25) is 9.84 Å². The summed E-state index contributed by atoms with van der Waals surface area (Å²) in [5, 5.41) is 0. The van der Waals surface area contributed by atoms with Crippen molar-refractivity contribution in [1.29, 1.82) is 0 Å². The Morgan fingerprint density at radius 3 is 1.94 bits per heavy atom. The van der Waals surface area contributed by atoms with E-state index in [4.69, 9.17) is 0 Å². The smallest absolute Gasteiger partial charge is 0.208 e. The second-order valence-electron chi connectivity index (χ2n) is 8.64. The van der Waals surface area contributed by atoms with E-state index >= 15 is 0 Å². The summed E-state index contributed by atoms with van der Waals surface area (Å²) in [4.78, 5) is 6.67. The highest BCUT2D eigenvalue weighted by Crippen LogP contribution is 2.52. The van der Waals surface area contributed by atoms with Gasteiger partial charge in [0.25, 0.3) is 0 Å². The van der Waals surface area contributed by atoms with Gasteiger partial charge >= 0.3 is 0 Å². The maximum atomic E-state index is 13.1. The third-order valence-electron chi connectivity index (χ3n) is 6.30. The van der Waals surface area contributed by atoms with Crippen molar-refractivity contribution in [2.45, 2.75) is 36.0 Å². The number of sulfone groups is 1. The molecule has 0 N–H and O–H groups in total. The molecule has 0 unspecified atom stereocenters. The van der Waals surface area contributed by atoms with Crippen LogP contribution in [0.1, 0.15) is 30.5 Å². The lowest BCUT2D eigenvalue weighted by Gasteiger charge is -2.42.